The maximum absolute atomic E-state index is 13.2. The van der Waals surface area contributed by atoms with Crippen LogP contribution in [0.2, 0.25) is 0 Å². The van der Waals surface area contributed by atoms with Crippen LogP contribution >= 0.6 is 12.4 Å². The number of amides is 1. The Hall–Kier alpha value is -2.41. The summed E-state index contributed by atoms with van der Waals surface area (Å²) in [6, 6.07) is 13.9. The second-order valence-corrected chi connectivity index (χ2v) is 10.3. The molecule has 1 amide bonds. The highest BCUT2D eigenvalue weighted by Crippen LogP contribution is 2.32. The standard InChI is InChI=1S/C29H35NO5.ClH/c1-34-28-16-22(29(33)30-23-8-9-24(30)18-35-17-23)7-12-26(28)27(32)13-11-25(31)10-6-19-14-20-4-2-3-5-21(20)15-19;/h2-5,7,12,16,19,23-25,31H,6,8-11,13-15,17-18H2,1H3;1H/t23?,24?,25-;/m0./s1. The molecule has 3 atom stereocenters. The molecule has 2 aromatic carbocycles. The van der Waals surface area contributed by atoms with Gasteiger partial charge in [0.25, 0.3) is 5.91 Å². The zero-order valence-electron chi connectivity index (χ0n) is 20.9. The molecule has 6 nitrogen and oxygen atoms in total. The first-order chi connectivity index (χ1) is 17.0. The molecule has 2 bridgehead atoms. The molecule has 0 saturated carbocycles. The fraction of sp³-hybridized carbons (Fsp3) is 0.517. The predicted octanol–water partition coefficient (Wildman–Crippen LogP) is 4.64. The number of benzene rings is 2. The van der Waals surface area contributed by atoms with Crippen LogP contribution in [0, 0.1) is 5.92 Å². The number of aliphatic hydroxyl groups excluding tert-OH is 1. The topological polar surface area (TPSA) is 76.1 Å². The van der Waals surface area contributed by atoms with Crippen LogP contribution in [0.5, 0.6) is 5.75 Å². The molecule has 0 radical (unpaired) electrons. The first-order valence-electron chi connectivity index (χ1n) is 12.9. The molecule has 194 valence electrons. The Labute approximate surface area is 219 Å². The van der Waals surface area contributed by atoms with E-state index in [0.29, 0.717) is 48.8 Å². The Kier molecular flexibility index (Phi) is 8.70. The first kappa shape index (κ1) is 26.6. The number of morpholine rings is 1. The van der Waals surface area contributed by atoms with Crippen LogP contribution in [-0.2, 0) is 17.6 Å². The lowest BCUT2D eigenvalue weighted by Crippen LogP contribution is -2.49. The van der Waals surface area contributed by atoms with E-state index >= 15 is 0 Å². The summed E-state index contributed by atoms with van der Waals surface area (Å²) in [5, 5.41) is 10.5. The number of rotatable bonds is 9. The number of carbonyl (C=O) groups excluding carboxylic acids is 2. The van der Waals surface area contributed by atoms with Crippen molar-refractivity contribution < 1.29 is 24.2 Å². The minimum absolute atomic E-state index is 0. The first-order valence-corrected chi connectivity index (χ1v) is 12.9. The van der Waals surface area contributed by atoms with Gasteiger partial charge < -0.3 is 19.5 Å². The van der Waals surface area contributed by atoms with Gasteiger partial charge in [0.15, 0.2) is 5.78 Å². The second-order valence-electron chi connectivity index (χ2n) is 10.3. The van der Waals surface area contributed by atoms with Gasteiger partial charge in [0, 0.05) is 12.0 Å². The van der Waals surface area contributed by atoms with Gasteiger partial charge in [-0.1, -0.05) is 24.3 Å². The Balaban J connectivity index is 0.00000304. The van der Waals surface area contributed by atoms with Gasteiger partial charge in [-0.05, 0) is 80.2 Å². The van der Waals surface area contributed by atoms with Gasteiger partial charge in [-0.15, -0.1) is 12.4 Å². The average molecular weight is 514 g/mol. The summed E-state index contributed by atoms with van der Waals surface area (Å²) >= 11 is 0. The lowest BCUT2D eigenvalue weighted by Gasteiger charge is -2.34. The number of aliphatic hydroxyl groups is 1. The third-order valence-corrected chi connectivity index (χ3v) is 7.97. The fourth-order valence-corrected chi connectivity index (χ4v) is 6.02. The molecular formula is C29H36ClNO5. The summed E-state index contributed by atoms with van der Waals surface area (Å²) in [5.41, 5.74) is 3.86. The van der Waals surface area contributed by atoms with Gasteiger partial charge in [0.05, 0.1) is 44.1 Å². The molecule has 2 fully saturated rings. The number of carbonyl (C=O) groups is 2. The van der Waals surface area contributed by atoms with Crippen LogP contribution in [0.4, 0.5) is 0 Å². The summed E-state index contributed by atoms with van der Waals surface area (Å²) in [4.78, 5) is 28.1. The molecule has 1 aliphatic carbocycles. The van der Waals surface area contributed by atoms with Crippen LogP contribution < -0.4 is 4.74 Å². The molecule has 3 aliphatic rings. The Morgan fingerprint density at radius 1 is 1.06 bits per heavy atom. The maximum atomic E-state index is 13.2. The van der Waals surface area contributed by atoms with Gasteiger partial charge in [-0.3, -0.25) is 9.59 Å². The van der Waals surface area contributed by atoms with Crippen LogP contribution in [0.3, 0.4) is 0 Å². The summed E-state index contributed by atoms with van der Waals surface area (Å²) in [5.74, 6) is 0.895. The highest BCUT2D eigenvalue weighted by molar-refractivity contribution is 6.01. The molecule has 5 rings (SSSR count). The van der Waals surface area contributed by atoms with Gasteiger partial charge in [0.2, 0.25) is 0 Å². The van der Waals surface area contributed by atoms with Crippen LogP contribution in [-0.4, -0.2) is 60.2 Å². The van der Waals surface area contributed by atoms with Gasteiger partial charge in [-0.25, -0.2) is 0 Å². The zero-order chi connectivity index (χ0) is 24.4. The highest BCUT2D eigenvalue weighted by Gasteiger charge is 2.40. The van der Waals surface area contributed by atoms with E-state index in [4.69, 9.17) is 9.47 Å². The van der Waals surface area contributed by atoms with Gasteiger partial charge >= 0.3 is 0 Å². The van der Waals surface area contributed by atoms with Crippen LogP contribution in [0.15, 0.2) is 42.5 Å². The largest absolute Gasteiger partial charge is 0.496 e. The summed E-state index contributed by atoms with van der Waals surface area (Å²) < 4.78 is 11.1. The third kappa shape index (κ3) is 5.61. The van der Waals surface area contributed by atoms with Gasteiger partial charge in [-0.2, -0.15) is 0 Å². The van der Waals surface area contributed by atoms with E-state index < -0.39 is 6.10 Å². The number of nitrogens with zero attached hydrogens (tertiary/aromatic N) is 1. The molecule has 7 heteroatoms. The molecule has 2 unspecified atom stereocenters. The lowest BCUT2D eigenvalue weighted by molar-refractivity contribution is -0.00717. The van der Waals surface area contributed by atoms with Crippen LogP contribution in [0.1, 0.15) is 70.4 Å². The molecular weight excluding hydrogens is 478 g/mol. The van der Waals surface area contributed by atoms with Crippen molar-refractivity contribution in [1.82, 2.24) is 4.90 Å². The van der Waals surface area contributed by atoms with E-state index in [9.17, 15) is 14.7 Å². The molecule has 0 spiro atoms. The predicted molar refractivity (Wildman–Crippen MR) is 140 cm³/mol. The maximum Gasteiger partial charge on any atom is 0.254 e. The molecule has 2 heterocycles. The van der Waals surface area contributed by atoms with E-state index in [1.807, 2.05) is 4.90 Å². The van der Waals surface area contributed by atoms with Crippen molar-refractivity contribution in [2.75, 3.05) is 20.3 Å². The number of ketones is 1. The second kappa shape index (κ2) is 11.8. The minimum atomic E-state index is -0.494. The van der Waals surface area contributed by atoms with Gasteiger partial charge in [0.1, 0.15) is 5.75 Å². The van der Waals surface area contributed by atoms with Crippen molar-refractivity contribution in [2.45, 2.75) is 69.6 Å². The van der Waals surface area contributed by atoms with Crippen molar-refractivity contribution in [1.29, 1.82) is 0 Å². The Morgan fingerprint density at radius 2 is 1.72 bits per heavy atom. The number of fused-ring (bicyclic) bond motifs is 3. The van der Waals surface area contributed by atoms with E-state index in [1.54, 1.807) is 18.2 Å². The summed E-state index contributed by atoms with van der Waals surface area (Å²) in [7, 11) is 1.52. The Bertz CT molecular complexity index is 1050. The highest BCUT2D eigenvalue weighted by atomic mass is 35.5. The summed E-state index contributed by atoms with van der Waals surface area (Å²) in [6.45, 7) is 1.18. The number of hydrogen-bond acceptors (Lipinski definition) is 5. The Morgan fingerprint density at radius 3 is 2.36 bits per heavy atom. The normalized spacial score (nSPS) is 21.6. The third-order valence-electron chi connectivity index (χ3n) is 7.97. The molecule has 36 heavy (non-hydrogen) atoms. The molecule has 2 saturated heterocycles. The molecule has 1 N–H and O–H groups in total. The van der Waals surface area contributed by atoms with E-state index in [-0.39, 0.29) is 42.6 Å². The number of halogens is 1. The van der Waals surface area contributed by atoms with Crippen molar-refractivity contribution in [3.8, 4) is 5.75 Å². The zero-order valence-corrected chi connectivity index (χ0v) is 21.7. The van der Waals surface area contributed by atoms with Crippen molar-refractivity contribution in [3.05, 3.63) is 64.7 Å². The van der Waals surface area contributed by atoms with E-state index in [1.165, 1.54) is 18.2 Å². The SMILES string of the molecule is COc1cc(C(=O)N2C3CCC2COC3)ccc1C(=O)CC[C@@H](O)CCC1Cc2ccccc2C1.Cl. The quantitative estimate of drug-likeness (QED) is 0.494. The molecule has 2 aliphatic heterocycles. The number of ether oxygens (including phenoxy) is 2. The minimum Gasteiger partial charge on any atom is -0.496 e. The average Bonchev–Trinajstić information content (AvgIpc) is 3.41. The van der Waals surface area contributed by atoms with E-state index in [2.05, 4.69) is 24.3 Å². The fourth-order valence-electron chi connectivity index (χ4n) is 6.02. The number of Topliss-reactive ketones (excluding diaryl/α,β-unsaturated/α-hetero) is 1. The van der Waals surface area contributed by atoms with E-state index in [0.717, 1.165) is 32.1 Å². The lowest BCUT2D eigenvalue weighted by atomic mass is 9.95. The van der Waals surface area contributed by atoms with Crippen molar-refractivity contribution in [3.63, 3.8) is 0 Å². The van der Waals surface area contributed by atoms with Crippen molar-refractivity contribution in [2.24, 2.45) is 5.92 Å². The smallest absolute Gasteiger partial charge is 0.254 e. The van der Waals surface area contributed by atoms with Crippen molar-refractivity contribution >= 4 is 24.1 Å². The number of hydrogen-bond donors (Lipinski definition) is 1. The molecule has 2 aromatic rings. The molecule has 0 aromatic heterocycles. The number of methoxy groups -OCH3 is 1. The monoisotopic (exact) mass is 513 g/mol. The van der Waals surface area contributed by atoms with Crippen LogP contribution in [0.25, 0.3) is 0 Å². The summed E-state index contributed by atoms with van der Waals surface area (Å²) in [6.07, 6.45) is 5.97.